The molecule has 1 aromatic rings. The number of ether oxygens (including phenoxy) is 1. The quantitative estimate of drug-likeness (QED) is 0.696. The minimum Gasteiger partial charge on any atom is -0.377 e. The summed E-state index contributed by atoms with van der Waals surface area (Å²) < 4.78 is 42.9. The summed E-state index contributed by atoms with van der Waals surface area (Å²) in [6, 6.07) is 5.51. The van der Waals surface area contributed by atoms with E-state index in [4.69, 9.17) is 4.74 Å². The van der Waals surface area contributed by atoms with Crippen LogP contribution in [0.15, 0.2) is 24.3 Å². The highest BCUT2D eigenvalue weighted by Gasteiger charge is 2.32. The zero-order valence-electron chi connectivity index (χ0n) is 9.18. The first-order valence-electron chi connectivity index (χ1n) is 5.28. The van der Waals surface area contributed by atoms with Crippen molar-refractivity contribution in [1.29, 1.82) is 0 Å². The maximum absolute atomic E-state index is 12.6. The number of unbranched alkanes of at least 4 members (excludes halogenated alkanes) is 1. The Labute approximate surface area is 93.2 Å². The molecule has 0 fully saturated rings. The molecule has 0 N–H and O–H groups in total. The van der Waals surface area contributed by atoms with Gasteiger partial charge in [0.05, 0.1) is 12.2 Å². The maximum Gasteiger partial charge on any atom is 0.416 e. The highest BCUT2D eigenvalue weighted by Crippen LogP contribution is 2.32. The van der Waals surface area contributed by atoms with E-state index in [0.29, 0.717) is 6.61 Å². The molecule has 0 saturated heterocycles. The van der Waals surface area contributed by atoms with Crippen LogP contribution in [0, 0.1) is 0 Å². The molecule has 0 amide bonds. The van der Waals surface area contributed by atoms with Gasteiger partial charge in [-0.1, -0.05) is 31.5 Å². The van der Waals surface area contributed by atoms with Gasteiger partial charge in [-0.15, -0.1) is 0 Å². The van der Waals surface area contributed by atoms with E-state index in [-0.39, 0.29) is 12.2 Å². The van der Waals surface area contributed by atoms with Gasteiger partial charge in [0.2, 0.25) is 0 Å². The molecule has 0 heterocycles. The van der Waals surface area contributed by atoms with Gasteiger partial charge in [-0.25, -0.2) is 0 Å². The molecule has 0 atom stereocenters. The van der Waals surface area contributed by atoms with Gasteiger partial charge in [0.25, 0.3) is 0 Å². The summed E-state index contributed by atoms with van der Waals surface area (Å²) >= 11 is 0. The number of rotatable bonds is 5. The van der Waals surface area contributed by atoms with Crippen molar-refractivity contribution in [2.75, 3.05) is 6.61 Å². The van der Waals surface area contributed by atoms with Gasteiger partial charge in [-0.05, 0) is 18.1 Å². The number of benzene rings is 1. The molecule has 0 spiro atoms. The molecule has 1 aromatic carbocycles. The van der Waals surface area contributed by atoms with E-state index < -0.39 is 11.7 Å². The summed E-state index contributed by atoms with van der Waals surface area (Å²) in [6.45, 7) is 2.53. The van der Waals surface area contributed by atoms with Crippen LogP contribution >= 0.6 is 0 Å². The molecule has 0 unspecified atom stereocenters. The van der Waals surface area contributed by atoms with Crippen molar-refractivity contribution in [1.82, 2.24) is 0 Å². The SMILES string of the molecule is CCCCOCc1ccccc1C(F)(F)F. The van der Waals surface area contributed by atoms with Crippen LogP contribution in [0.5, 0.6) is 0 Å². The van der Waals surface area contributed by atoms with Crippen LogP contribution < -0.4 is 0 Å². The third-order valence-electron chi connectivity index (χ3n) is 2.22. The maximum atomic E-state index is 12.6. The summed E-state index contributed by atoms with van der Waals surface area (Å²) in [5.74, 6) is 0. The van der Waals surface area contributed by atoms with Gasteiger partial charge in [-0.3, -0.25) is 0 Å². The molecule has 0 aliphatic heterocycles. The van der Waals surface area contributed by atoms with Crippen LogP contribution in [0.25, 0.3) is 0 Å². The monoisotopic (exact) mass is 232 g/mol. The summed E-state index contributed by atoms with van der Waals surface area (Å²) in [6.07, 6.45) is -2.46. The molecule has 0 saturated carbocycles. The first-order chi connectivity index (χ1) is 7.55. The van der Waals surface area contributed by atoms with Gasteiger partial charge in [0.1, 0.15) is 0 Å². The van der Waals surface area contributed by atoms with E-state index in [1.165, 1.54) is 12.1 Å². The molecule has 1 nitrogen and oxygen atoms in total. The lowest BCUT2D eigenvalue weighted by molar-refractivity contribution is -0.138. The molecule has 16 heavy (non-hydrogen) atoms. The summed E-state index contributed by atoms with van der Waals surface area (Å²) in [4.78, 5) is 0. The van der Waals surface area contributed by atoms with Gasteiger partial charge in [-0.2, -0.15) is 13.2 Å². The van der Waals surface area contributed by atoms with Crippen LogP contribution in [0.1, 0.15) is 30.9 Å². The second-order valence-electron chi connectivity index (χ2n) is 3.56. The minimum atomic E-state index is -4.30. The second-order valence-corrected chi connectivity index (χ2v) is 3.56. The van der Waals surface area contributed by atoms with Crippen molar-refractivity contribution < 1.29 is 17.9 Å². The smallest absolute Gasteiger partial charge is 0.377 e. The molecule has 0 aromatic heterocycles. The van der Waals surface area contributed by atoms with E-state index in [2.05, 4.69) is 0 Å². The van der Waals surface area contributed by atoms with Crippen molar-refractivity contribution in [2.24, 2.45) is 0 Å². The number of hydrogen-bond donors (Lipinski definition) is 0. The van der Waals surface area contributed by atoms with Crippen molar-refractivity contribution >= 4 is 0 Å². The Balaban J connectivity index is 2.65. The Kier molecular flexibility index (Phi) is 4.80. The zero-order chi connectivity index (χ0) is 12.0. The number of alkyl halides is 3. The molecular formula is C12H15F3O. The first kappa shape index (κ1) is 13.0. The fourth-order valence-corrected chi connectivity index (χ4v) is 1.35. The van der Waals surface area contributed by atoms with Crippen LogP contribution in [0.3, 0.4) is 0 Å². The molecule has 0 bridgehead atoms. The molecular weight excluding hydrogens is 217 g/mol. The van der Waals surface area contributed by atoms with E-state index in [1.54, 1.807) is 6.07 Å². The number of hydrogen-bond acceptors (Lipinski definition) is 1. The normalized spacial score (nSPS) is 11.8. The standard InChI is InChI=1S/C12H15F3O/c1-2-3-8-16-9-10-6-4-5-7-11(10)12(13,14)15/h4-7H,2-3,8-9H2,1H3. The van der Waals surface area contributed by atoms with Crippen LogP contribution in [-0.2, 0) is 17.5 Å². The summed E-state index contributed by atoms with van der Waals surface area (Å²) in [7, 11) is 0. The molecule has 90 valence electrons. The third kappa shape index (κ3) is 3.85. The largest absolute Gasteiger partial charge is 0.416 e. The van der Waals surface area contributed by atoms with Gasteiger partial charge in [0.15, 0.2) is 0 Å². The molecule has 1 rings (SSSR count). The fourth-order valence-electron chi connectivity index (χ4n) is 1.35. The number of halogens is 3. The van der Waals surface area contributed by atoms with Crippen LogP contribution in [0.4, 0.5) is 13.2 Å². The van der Waals surface area contributed by atoms with Crippen molar-refractivity contribution in [2.45, 2.75) is 32.5 Å². The Morgan fingerprint density at radius 2 is 1.88 bits per heavy atom. The van der Waals surface area contributed by atoms with Crippen molar-refractivity contribution in [3.05, 3.63) is 35.4 Å². The Bertz CT molecular complexity index is 320. The van der Waals surface area contributed by atoms with Crippen molar-refractivity contribution in [3.63, 3.8) is 0 Å². The highest BCUT2D eigenvalue weighted by molar-refractivity contribution is 5.28. The lowest BCUT2D eigenvalue weighted by Gasteiger charge is -2.12. The fraction of sp³-hybridized carbons (Fsp3) is 0.500. The Hall–Kier alpha value is -1.03. The summed E-state index contributed by atoms with van der Waals surface area (Å²) in [5, 5.41) is 0. The molecule has 0 radical (unpaired) electrons. The van der Waals surface area contributed by atoms with Gasteiger partial charge < -0.3 is 4.74 Å². The van der Waals surface area contributed by atoms with E-state index in [1.807, 2.05) is 6.92 Å². The predicted molar refractivity (Wildman–Crippen MR) is 56.0 cm³/mol. The highest BCUT2D eigenvalue weighted by atomic mass is 19.4. The average Bonchev–Trinajstić information content (AvgIpc) is 2.24. The zero-order valence-corrected chi connectivity index (χ0v) is 9.18. The average molecular weight is 232 g/mol. The Morgan fingerprint density at radius 3 is 2.50 bits per heavy atom. The lowest BCUT2D eigenvalue weighted by atomic mass is 10.1. The second kappa shape index (κ2) is 5.89. The Morgan fingerprint density at radius 1 is 1.19 bits per heavy atom. The van der Waals surface area contributed by atoms with E-state index in [0.717, 1.165) is 18.9 Å². The van der Waals surface area contributed by atoms with E-state index >= 15 is 0 Å². The van der Waals surface area contributed by atoms with Gasteiger partial charge in [0, 0.05) is 6.61 Å². The topological polar surface area (TPSA) is 9.23 Å². The predicted octanol–water partition coefficient (Wildman–Crippen LogP) is 4.02. The first-order valence-corrected chi connectivity index (χ1v) is 5.28. The minimum absolute atomic E-state index is 0.0235. The lowest BCUT2D eigenvalue weighted by Crippen LogP contribution is -2.10. The third-order valence-corrected chi connectivity index (χ3v) is 2.22. The van der Waals surface area contributed by atoms with Crippen molar-refractivity contribution in [3.8, 4) is 0 Å². The van der Waals surface area contributed by atoms with E-state index in [9.17, 15) is 13.2 Å². The van der Waals surface area contributed by atoms with Gasteiger partial charge >= 0.3 is 6.18 Å². The molecule has 0 aliphatic rings. The molecule has 0 aliphatic carbocycles. The molecule has 4 heteroatoms. The van der Waals surface area contributed by atoms with Crippen LogP contribution in [-0.4, -0.2) is 6.61 Å². The van der Waals surface area contributed by atoms with Crippen LogP contribution in [0.2, 0.25) is 0 Å². The summed E-state index contributed by atoms with van der Waals surface area (Å²) in [5.41, 5.74) is -0.405.